The largest absolute Gasteiger partial charge is 0.459 e. The number of esters is 1. The van der Waals surface area contributed by atoms with Gasteiger partial charge in [-0.1, -0.05) is 25.1 Å². The minimum absolute atomic E-state index is 0.186. The van der Waals surface area contributed by atoms with E-state index in [-0.39, 0.29) is 18.0 Å². The third kappa shape index (κ3) is 4.78. The van der Waals surface area contributed by atoms with Crippen LogP contribution < -0.4 is 5.32 Å². The van der Waals surface area contributed by atoms with Gasteiger partial charge in [-0.3, -0.25) is 9.48 Å². The van der Waals surface area contributed by atoms with Gasteiger partial charge in [0.15, 0.2) is 0 Å². The van der Waals surface area contributed by atoms with Gasteiger partial charge in [-0.25, -0.2) is 9.78 Å². The predicted octanol–water partition coefficient (Wildman–Crippen LogP) is 6.57. The van der Waals surface area contributed by atoms with Crippen LogP contribution in [0.4, 0.5) is 5.00 Å². The molecule has 0 aliphatic heterocycles. The molecule has 1 atom stereocenters. The summed E-state index contributed by atoms with van der Waals surface area (Å²) < 4.78 is 7.62. The van der Waals surface area contributed by atoms with Crippen molar-refractivity contribution >= 4 is 39.1 Å². The van der Waals surface area contributed by atoms with E-state index in [2.05, 4.69) is 10.4 Å². The monoisotopic (exact) mass is 516 g/mol. The second-order valence-electron chi connectivity index (χ2n) is 9.52. The summed E-state index contributed by atoms with van der Waals surface area (Å²) in [4.78, 5) is 33.0. The van der Waals surface area contributed by atoms with Gasteiger partial charge in [0.2, 0.25) is 0 Å². The zero-order valence-corrected chi connectivity index (χ0v) is 22.6. The molecule has 1 aromatic carbocycles. The zero-order chi connectivity index (χ0) is 26.1. The van der Waals surface area contributed by atoms with Crippen molar-refractivity contribution in [1.82, 2.24) is 14.8 Å². The summed E-state index contributed by atoms with van der Waals surface area (Å²) in [6.45, 7) is 8.68. The number of benzene rings is 1. The molecule has 4 aromatic rings. The number of carbonyl (C=O) groups excluding carboxylic acids is 2. The molecule has 5 rings (SSSR count). The molecule has 0 saturated heterocycles. The van der Waals surface area contributed by atoms with E-state index in [0.29, 0.717) is 21.8 Å². The van der Waals surface area contributed by atoms with Crippen LogP contribution in [-0.4, -0.2) is 32.7 Å². The lowest BCUT2D eigenvalue weighted by molar-refractivity contribution is 0.0335. The van der Waals surface area contributed by atoms with E-state index >= 15 is 0 Å². The fourth-order valence-corrected chi connectivity index (χ4v) is 6.16. The zero-order valence-electron chi connectivity index (χ0n) is 21.8. The van der Waals surface area contributed by atoms with Crippen molar-refractivity contribution < 1.29 is 14.3 Å². The number of aromatic nitrogens is 3. The molecule has 1 amide bonds. The lowest BCUT2D eigenvalue weighted by Crippen LogP contribution is -2.19. The van der Waals surface area contributed by atoms with Crippen molar-refractivity contribution in [1.29, 1.82) is 0 Å². The van der Waals surface area contributed by atoms with Crippen LogP contribution in [0.1, 0.15) is 76.9 Å². The number of rotatable bonds is 7. The number of amides is 1. The Morgan fingerprint density at radius 2 is 1.97 bits per heavy atom. The molecule has 1 aliphatic carbocycles. The Hall–Kier alpha value is -3.52. The Kier molecular flexibility index (Phi) is 7.11. The molecule has 3 heterocycles. The van der Waals surface area contributed by atoms with E-state index in [4.69, 9.17) is 9.72 Å². The van der Waals surface area contributed by atoms with Gasteiger partial charge in [0.1, 0.15) is 5.00 Å². The number of carbonyl (C=O) groups is 2. The van der Waals surface area contributed by atoms with Crippen molar-refractivity contribution in [3.63, 3.8) is 0 Å². The summed E-state index contributed by atoms with van der Waals surface area (Å²) in [7, 11) is 0. The number of anilines is 1. The molecule has 1 unspecified atom stereocenters. The third-order valence-corrected chi connectivity index (χ3v) is 8.33. The highest BCUT2D eigenvalue weighted by Crippen LogP contribution is 2.39. The normalized spacial score (nSPS) is 13.8. The van der Waals surface area contributed by atoms with Crippen LogP contribution in [0.2, 0.25) is 0 Å². The Morgan fingerprint density at radius 1 is 1.19 bits per heavy atom. The lowest BCUT2D eigenvalue weighted by Gasteiger charge is -2.15. The van der Waals surface area contributed by atoms with Crippen LogP contribution in [0.3, 0.4) is 0 Å². The Bertz CT molecular complexity index is 1490. The summed E-state index contributed by atoms with van der Waals surface area (Å²) in [5, 5.41) is 8.88. The van der Waals surface area contributed by atoms with Gasteiger partial charge in [-0.2, -0.15) is 5.10 Å². The van der Waals surface area contributed by atoms with Crippen molar-refractivity contribution in [2.24, 2.45) is 0 Å². The van der Waals surface area contributed by atoms with Gasteiger partial charge in [0, 0.05) is 28.1 Å². The number of hydrogen-bond donors (Lipinski definition) is 1. The predicted molar refractivity (Wildman–Crippen MR) is 147 cm³/mol. The Balaban J connectivity index is 1.57. The molecule has 8 heteroatoms. The quantitative estimate of drug-likeness (QED) is 0.281. The molecule has 192 valence electrons. The molecule has 0 fully saturated rings. The molecule has 0 radical (unpaired) electrons. The van der Waals surface area contributed by atoms with Crippen LogP contribution in [0, 0.1) is 6.92 Å². The third-order valence-electron chi connectivity index (χ3n) is 7.13. The Morgan fingerprint density at radius 3 is 2.73 bits per heavy atom. The number of nitrogens with zero attached hydrogens (tertiary/aromatic N) is 3. The molecule has 0 spiro atoms. The molecule has 3 aromatic heterocycles. The van der Waals surface area contributed by atoms with Gasteiger partial charge in [-0.15, -0.1) is 11.3 Å². The molecule has 0 saturated carbocycles. The SMILES string of the molecule is CCC(C)OC(=O)c1c(NC(=O)c2cc(-c3cnn(CC)c3C)nc3ccccc23)sc2c1CCCC2. The van der Waals surface area contributed by atoms with E-state index in [1.165, 1.54) is 16.2 Å². The highest BCUT2D eigenvalue weighted by atomic mass is 32.1. The smallest absolute Gasteiger partial charge is 0.341 e. The van der Waals surface area contributed by atoms with E-state index in [1.54, 1.807) is 6.20 Å². The van der Waals surface area contributed by atoms with E-state index in [1.807, 2.05) is 62.7 Å². The van der Waals surface area contributed by atoms with Crippen LogP contribution in [-0.2, 0) is 24.1 Å². The van der Waals surface area contributed by atoms with Crippen LogP contribution in [0.5, 0.6) is 0 Å². The molecule has 0 bridgehead atoms. The standard InChI is InChI=1S/C29H32N4O3S/c1-5-17(3)36-29(35)26-20-12-8-10-14-25(20)37-28(26)32-27(34)21-15-24(22-16-30-33(6-2)18(22)4)31-23-13-9-7-11-19(21)23/h7,9,11,13,15-17H,5-6,8,10,12,14H2,1-4H3,(H,32,34). The van der Waals surface area contributed by atoms with Crippen LogP contribution >= 0.6 is 11.3 Å². The lowest BCUT2D eigenvalue weighted by atomic mass is 9.95. The molecule has 7 nitrogen and oxygen atoms in total. The second-order valence-corrected chi connectivity index (χ2v) is 10.6. The van der Waals surface area contributed by atoms with E-state index in [0.717, 1.165) is 66.4 Å². The maximum absolute atomic E-state index is 13.8. The minimum Gasteiger partial charge on any atom is -0.459 e. The molecular formula is C29H32N4O3S. The van der Waals surface area contributed by atoms with Gasteiger partial charge in [0.25, 0.3) is 5.91 Å². The number of fused-ring (bicyclic) bond motifs is 2. The summed E-state index contributed by atoms with van der Waals surface area (Å²) in [5.41, 5.74) is 5.38. The second kappa shape index (κ2) is 10.5. The van der Waals surface area contributed by atoms with Gasteiger partial charge in [-0.05, 0) is 70.6 Å². The van der Waals surface area contributed by atoms with Gasteiger partial charge in [0.05, 0.1) is 34.6 Å². The maximum atomic E-state index is 13.8. The number of ether oxygens (including phenoxy) is 1. The number of hydrogen-bond acceptors (Lipinski definition) is 6. The average Bonchev–Trinajstić information content (AvgIpc) is 3.47. The first-order valence-electron chi connectivity index (χ1n) is 13.0. The molecule has 1 N–H and O–H groups in total. The average molecular weight is 517 g/mol. The van der Waals surface area contributed by atoms with E-state index < -0.39 is 0 Å². The van der Waals surface area contributed by atoms with Crippen molar-refractivity contribution in [3.05, 3.63) is 63.8 Å². The van der Waals surface area contributed by atoms with Gasteiger partial charge >= 0.3 is 5.97 Å². The number of para-hydroxylation sites is 1. The molecular weight excluding hydrogens is 484 g/mol. The van der Waals surface area contributed by atoms with Crippen LogP contribution in [0.25, 0.3) is 22.2 Å². The minimum atomic E-state index is -0.355. The van der Waals surface area contributed by atoms with Gasteiger partial charge < -0.3 is 10.1 Å². The number of pyridine rings is 1. The van der Waals surface area contributed by atoms with Crippen LogP contribution in [0.15, 0.2) is 36.5 Å². The highest BCUT2D eigenvalue weighted by Gasteiger charge is 2.29. The summed E-state index contributed by atoms with van der Waals surface area (Å²) in [6.07, 6.45) is 6.22. The first-order chi connectivity index (χ1) is 17.9. The van der Waals surface area contributed by atoms with Crippen molar-refractivity contribution in [2.45, 2.75) is 72.4 Å². The molecule has 37 heavy (non-hydrogen) atoms. The topological polar surface area (TPSA) is 86.1 Å². The van der Waals surface area contributed by atoms with Crippen molar-refractivity contribution in [2.75, 3.05) is 5.32 Å². The molecule has 1 aliphatic rings. The number of nitrogens with one attached hydrogen (secondary N) is 1. The Labute approximate surface area is 220 Å². The maximum Gasteiger partial charge on any atom is 0.341 e. The summed E-state index contributed by atoms with van der Waals surface area (Å²) in [6, 6.07) is 9.46. The highest BCUT2D eigenvalue weighted by molar-refractivity contribution is 7.17. The fourth-order valence-electron chi connectivity index (χ4n) is 4.88. The van der Waals surface area contributed by atoms with E-state index in [9.17, 15) is 9.59 Å². The van der Waals surface area contributed by atoms with Crippen molar-refractivity contribution in [3.8, 4) is 11.3 Å². The number of aryl methyl sites for hydroxylation is 2. The summed E-state index contributed by atoms with van der Waals surface area (Å²) in [5.74, 6) is -0.622. The summed E-state index contributed by atoms with van der Waals surface area (Å²) >= 11 is 1.50. The first-order valence-corrected chi connectivity index (χ1v) is 13.8. The first kappa shape index (κ1) is 25.1. The fraction of sp³-hybridized carbons (Fsp3) is 0.379. The number of thiophene rings is 1.